The highest BCUT2D eigenvalue weighted by Crippen LogP contribution is 2.27. The molecule has 2 heterocycles. The van der Waals surface area contributed by atoms with Gasteiger partial charge in [0.15, 0.2) is 5.82 Å². The van der Waals surface area contributed by atoms with Crippen molar-refractivity contribution in [3.8, 4) is 0 Å². The summed E-state index contributed by atoms with van der Waals surface area (Å²) in [6.45, 7) is 4.71. The maximum Gasteiger partial charge on any atom is 0.152 e. The SMILES string of the molecule is CC(N)c1ccccc1N1CCn2cnnc2C1. The van der Waals surface area contributed by atoms with Crippen molar-refractivity contribution in [1.82, 2.24) is 14.8 Å². The molecule has 0 fully saturated rings. The second-order valence-electron chi connectivity index (χ2n) is 4.71. The molecule has 1 aromatic heterocycles. The Labute approximate surface area is 106 Å². The Morgan fingerprint density at radius 3 is 2.94 bits per heavy atom. The Bertz CT molecular complexity index is 546. The summed E-state index contributed by atoms with van der Waals surface area (Å²) in [5.74, 6) is 1.01. The number of hydrogen-bond acceptors (Lipinski definition) is 4. The molecule has 0 aliphatic carbocycles. The largest absolute Gasteiger partial charge is 0.362 e. The first kappa shape index (κ1) is 11.2. The van der Waals surface area contributed by atoms with E-state index in [0.29, 0.717) is 0 Å². The number of aromatic nitrogens is 3. The topological polar surface area (TPSA) is 60.0 Å². The summed E-state index contributed by atoms with van der Waals surface area (Å²) in [6, 6.07) is 8.36. The highest BCUT2D eigenvalue weighted by molar-refractivity contribution is 5.55. The predicted octanol–water partition coefficient (Wildman–Crippen LogP) is 1.32. The van der Waals surface area contributed by atoms with Gasteiger partial charge in [-0.05, 0) is 18.6 Å². The summed E-state index contributed by atoms with van der Waals surface area (Å²) in [6.07, 6.45) is 1.80. The van der Waals surface area contributed by atoms with E-state index in [4.69, 9.17) is 5.73 Å². The predicted molar refractivity (Wildman–Crippen MR) is 70.1 cm³/mol. The molecular weight excluding hydrogens is 226 g/mol. The Morgan fingerprint density at radius 2 is 2.11 bits per heavy atom. The maximum absolute atomic E-state index is 6.04. The Kier molecular flexibility index (Phi) is 2.76. The maximum atomic E-state index is 6.04. The lowest BCUT2D eigenvalue weighted by atomic mass is 10.1. The van der Waals surface area contributed by atoms with Crippen LogP contribution in [0.15, 0.2) is 30.6 Å². The van der Waals surface area contributed by atoms with Crippen LogP contribution in [0.25, 0.3) is 0 Å². The summed E-state index contributed by atoms with van der Waals surface area (Å²) in [7, 11) is 0. The van der Waals surface area contributed by atoms with Gasteiger partial charge in [0, 0.05) is 24.8 Å². The van der Waals surface area contributed by atoms with Crippen LogP contribution >= 0.6 is 0 Å². The number of nitrogens with two attached hydrogens (primary N) is 1. The van der Waals surface area contributed by atoms with E-state index < -0.39 is 0 Å². The first-order valence-electron chi connectivity index (χ1n) is 6.22. The number of rotatable bonds is 2. The molecule has 5 heteroatoms. The average molecular weight is 243 g/mol. The fourth-order valence-electron chi connectivity index (χ4n) is 2.43. The molecule has 0 spiro atoms. The van der Waals surface area contributed by atoms with Crippen molar-refractivity contribution in [3.05, 3.63) is 42.0 Å². The van der Waals surface area contributed by atoms with Gasteiger partial charge in [0.2, 0.25) is 0 Å². The normalized spacial score (nSPS) is 16.4. The lowest BCUT2D eigenvalue weighted by Crippen LogP contribution is -2.34. The average Bonchev–Trinajstić information content (AvgIpc) is 2.85. The van der Waals surface area contributed by atoms with Crippen LogP contribution in [0.3, 0.4) is 0 Å². The molecule has 1 aliphatic heterocycles. The van der Waals surface area contributed by atoms with Crippen LogP contribution in [0.1, 0.15) is 24.4 Å². The zero-order valence-corrected chi connectivity index (χ0v) is 10.5. The van der Waals surface area contributed by atoms with Crippen molar-refractivity contribution >= 4 is 5.69 Å². The number of anilines is 1. The zero-order valence-electron chi connectivity index (χ0n) is 10.5. The van der Waals surface area contributed by atoms with Gasteiger partial charge in [0.1, 0.15) is 6.33 Å². The minimum Gasteiger partial charge on any atom is -0.362 e. The van der Waals surface area contributed by atoms with E-state index in [1.54, 1.807) is 6.33 Å². The molecular formula is C13H17N5. The van der Waals surface area contributed by atoms with E-state index >= 15 is 0 Å². The Morgan fingerprint density at radius 1 is 1.28 bits per heavy atom. The van der Waals surface area contributed by atoms with Crippen LogP contribution < -0.4 is 10.6 Å². The van der Waals surface area contributed by atoms with Crippen molar-refractivity contribution in [3.63, 3.8) is 0 Å². The summed E-state index contributed by atoms with van der Waals surface area (Å²) >= 11 is 0. The van der Waals surface area contributed by atoms with E-state index in [-0.39, 0.29) is 6.04 Å². The van der Waals surface area contributed by atoms with Crippen molar-refractivity contribution in [2.24, 2.45) is 5.73 Å². The second-order valence-corrected chi connectivity index (χ2v) is 4.71. The monoisotopic (exact) mass is 243 g/mol. The lowest BCUT2D eigenvalue weighted by Gasteiger charge is -2.31. The molecule has 0 saturated carbocycles. The molecule has 94 valence electrons. The first-order chi connectivity index (χ1) is 8.75. The number of para-hydroxylation sites is 1. The van der Waals surface area contributed by atoms with Gasteiger partial charge in [0.25, 0.3) is 0 Å². The van der Waals surface area contributed by atoms with Gasteiger partial charge in [-0.1, -0.05) is 18.2 Å². The van der Waals surface area contributed by atoms with Crippen LogP contribution in [0.4, 0.5) is 5.69 Å². The molecule has 1 aliphatic rings. The van der Waals surface area contributed by atoms with Gasteiger partial charge in [-0.15, -0.1) is 10.2 Å². The van der Waals surface area contributed by atoms with E-state index in [9.17, 15) is 0 Å². The third-order valence-electron chi connectivity index (χ3n) is 3.41. The molecule has 1 aromatic carbocycles. The standard InChI is InChI=1S/C13H17N5/c1-10(14)11-4-2-3-5-12(11)17-6-7-18-9-15-16-13(18)8-17/h2-5,9-10H,6-8,14H2,1H3. The molecule has 0 amide bonds. The van der Waals surface area contributed by atoms with Crippen LogP contribution in [0.2, 0.25) is 0 Å². The third-order valence-corrected chi connectivity index (χ3v) is 3.41. The fourth-order valence-corrected chi connectivity index (χ4v) is 2.43. The van der Waals surface area contributed by atoms with Gasteiger partial charge in [-0.25, -0.2) is 0 Å². The Hall–Kier alpha value is -1.88. The minimum absolute atomic E-state index is 0.0426. The number of benzene rings is 1. The van der Waals surface area contributed by atoms with Gasteiger partial charge in [-0.2, -0.15) is 0 Å². The van der Waals surface area contributed by atoms with Crippen molar-refractivity contribution in [1.29, 1.82) is 0 Å². The van der Waals surface area contributed by atoms with E-state index in [1.165, 1.54) is 11.3 Å². The third kappa shape index (κ3) is 1.86. The molecule has 0 saturated heterocycles. The number of fused-ring (bicyclic) bond motifs is 1. The van der Waals surface area contributed by atoms with Crippen molar-refractivity contribution in [2.45, 2.75) is 26.1 Å². The van der Waals surface area contributed by atoms with Crippen molar-refractivity contribution < 1.29 is 0 Å². The van der Waals surface area contributed by atoms with Crippen LogP contribution in [0, 0.1) is 0 Å². The summed E-state index contributed by atoms with van der Waals surface area (Å²) in [5, 5.41) is 8.10. The molecule has 18 heavy (non-hydrogen) atoms. The van der Waals surface area contributed by atoms with E-state index in [0.717, 1.165) is 25.5 Å². The number of hydrogen-bond donors (Lipinski definition) is 1. The van der Waals surface area contributed by atoms with Crippen molar-refractivity contribution in [2.75, 3.05) is 11.4 Å². The summed E-state index contributed by atoms with van der Waals surface area (Å²) < 4.78 is 2.10. The van der Waals surface area contributed by atoms with Gasteiger partial charge >= 0.3 is 0 Å². The molecule has 3 rings (SSSR count). The molecule has 0 radical (unpaired) electrons. The molecule has 1 atom stereocenters. The lowest BCUT2D eigenvalue weighted by molar-refractivity contribution is 0.557. The molecule has 5 nitrogen and oxygen atoms in total. The Balaban J connectivity index is 1.93. The minimum atomic E-state index is 0.0426. The number of nitrogens with zero attached hydrogens (tertiary/aromatic N) is 4. The van der Waals surface area contributed by atoms with Crippen LogP contribution in [-0.2, 0) is 13.1 Å². The first-order valence-corrected chi connectivity index (χ1v) is 6.22. The van der Waals surface area contributed by atoms with Crippen LogP contribution in [0.5, 0.6) is 0 Å². The fraction of sp³-hybridized carbons (Fsp3) is 0.385. The van der Waals surface area contributed by atoms with Crippen LogP contribution in [-0.4, -0.2) is 21.3 Å². The smallest absolute Gasteiger partial charge is 0.152 e. The quantitative estimate of drug-likeness (QED) is 0.864. The van der Waals surface area contributed by atoms with E-state index in [2.05, 4.69) is 37.9 Å². The zero-order chi connectivity index (χ0) is 12.5. The molecule has 0 bridgehead atoms. The highest BCUT2D eigenvalue weighted by atomic mass is 15.3. The molecule has 2 N–H and O–H groups in total. The summed E-state index contributed by atoms with van der Waals surface area (Å²) in [4.78, 5) is 2.32. The van der Waals surface area contributed by atoms with Gasteiger partial charge in [-0.3, -0.25) is 0 Å². The second kappa shape index (κ2) is 4.42. The van der Waals surface area contributed by atoms with Gasteiger partial charge < -0.3 is 15.2 Å². The molecule has 1 unspecified atom stereocenters. The van der Waals surface area contributed by atoms with E-state index in [1.807, 2.05) is 13.0 Å². The summed E-state index contributed by atoms with van der Waals surface area (Å²) in [5.41, 5.74) is 8.43. The highest BCUT2D eigenvalue weighted by Gasteiger charge is 2.20. The molecule has 2 aromatic rings. The van der Waals surface area contributed by atoms with Gasteiger partial charge in [0.05, 0.1) is 6.54 Å².